The summed E-state index contributed by atoms with van der Waals surface area (Å²) in [4.78, 5) is 11.2. The fraction of sp³-hybridized carbons (Fsp3) is 0.150. The van der Waals surface area contributed by atoms with E-state index in [1.807, 2.05) is 55.5 Å². The molecule has 0 atom stereocenters. The Hall–Kier alpha value is -2.81. The number of carbonyl (C=O) groups is 1. The lowest BCUT2D eigenvalue weighted by molar-refractivity contribution is -0.135. The van der Waals surface area contributed by atoms with Gasteiger partial charge in [-0.15, -0.1) is 0 Å². The number of carboxylic acid groups (broad SMARTS) is 1. The fourth-order valence-corrected chi connectivity index (χ4v) is 2.98. The van der Waals surface area contributed by atoms with Crippen LogP contribution < -0.4 is 4.74 Å². The Bertz CT molecular complexity index is 814. The van der Waals surface area contributed by atoms with Crippen molar-refractivity contribution in [3.63, 3.8) is 0 Å². The van der Waals surface area contributed by atoms with Gasteiger partial charge in [0.2, 0.25) is 0 Å². The minimum absolute atomic E-state index is 0.0120. The van der Waals surface area contributed by atoms with Crippen LogP contribution in [0.1, 0.15) is 30.0 Å². The average molecular weight is 306 g/mol. The smallest absolute Gasteiger partial charge is 0.307 e. The summed E-state index contributed by atoms with van der Waals surface area (Å²) in [6, 6.07) is 15.9. The summed E-state index contributed by atoms with van der Waals surface area (Å²) in [5.41, 5.74) is 6.05. The summed E-state index contributed by atoms with van der Waals surface area (Å²) in [7, 11) is 1.62. The van der Waals surface area contributed by atoms with Gasteiger partial charge in [-0.1, -0.05) is 36.4 Å². The van der Waals surface area contributed by atoms with E-state index in [1.165, 1.54) is 0 Å². The van der Waals surface area contributed by atoms with Crippen molar-refractivity contribution in [3.8, 4) is 5.75 Å². The molecule has 0 bridgehead atoms. The van der Waals surface area contributed by atoms with Crippen molar-refractivity contribution in [3.05, 3.63) is 70.8 Å². The third-order valence-corrected chi connectivity index (χ3v) is 4.14. The number of allylic oxidation sites excluding steroid dienone is 2. The van der Waals surface area contributed by atoms with Crippen LogP contribution in [-0.4, -0.2) is 18.2 Å². The predicted octanol–water partition coefficient (Wildman–Crippen LogP) is 4.50. The van der Waals surface area contributed by atoms with Crippen LogP contribution in [0.5, 0.6) is 5.75 Å². The summed E-state index contributed by atoms with van der Waals surface area (Å²) >= 11 is 0. The second kappa shape index (κ2) is 6.13. The summed E-state index contributed by atoms with van der Waals surface area (Å²) in [6.45, 7) is 1.99. The topological polar surface area (TPSA) is 46.5 Å². The highest BCUT2D eigenvalue weighted by molar-refractivity contribution is 6.07. The lowest BCUT2D eigenvalue weighted by Gasteiger charge is -2.07. The van der Waals surface area contributed by atoms with E-state index in [-0.39, 0.29) is 6.42 Å². The number of carboxylic acids is 1. The molecule has 3 nitrogen and oxygen atoms in total. The molecule has 0 saturated carbocycles. The summed E-state index contributed by atoms with van der Waals surface area (Å²) in [5.74, 6) is -0.0884. The number of hydrogen-bond acceptors (Lipinski definition) is 2. The molecule has 0 aliphatic heterocycles. The number of methoxy groups -OCH3 is 1. The van der Waals surface area contributed by atoms with Crippen molar-refractivity contribution >= 4 is 23.2 Å². The second-order valence-corrected chi connectivity index (χ2v) is 5.55. The van der Waals surface area contributed by atoms with Crippen molar-refractivity contribution in [2.75, 3.05) is 7.11 Å². The largest absolute Gasteiger partial charge is 0.497 e. The van der Waals surface area contributed by atoms with Gasteiger partial charge >= 0.3 is 5.97 Å². The molecule has 2 aromatic rings. The van der Waals surface area contributed by atoms with Crippen LogP contribution in [0.2, 0.25) is 0 Å². The molecule has 116 valence electrons. The summed E-state index contributed by atoms with van der Waals surface area (Å²) in [6.07, 6.45) is 2.12. The highest BCUT2D eigenvalue weighted by atomic mass is 16.5. The number of ether oxygens (including phenoxy) is 1. The Kier molecular flexibility index (Phi) is 4.02. The predicted molar refractivity (Wildman–Crippen MR) is 92.2 cm³/mol. The zero-order chi connectivity index (χ0) is 16.4. The first-order chi connectivity index (χ1) is 11.1. The van der Waals surface area contributed by atoms with Crippen molar-refractivity contribution < 1.29 is 14.6 Å². The van der Waals surface area contributed by atoms with Crippen LogP contribution in [0.4, 0.5) is 0 Å². The van der Waals surface area contributed by atoms with Gasteiger partial charge in [-0.25, -0.2) is 0 Å². The van der Waals surface area contributed by atoms with E-state index in [4.69, 9.17) is 4.74 Å². The minimum atomic E-state index is -0.825. The molecule has 2 aromatic carbocycles. The maximum absolute atomic E-state index is 11.2. The quantitative estimate of drug-likeness (QED) is 0.904. The lowest BCUT2D eigenvalue weighted by atomic mass is 10.0. The Morgan fingerprint density at radius 1 is 1.13 bits per heavy atom. The van der Waals surface area contributed by atoms with Gasteiger partial charge in [0.15, 0.2) is 0 Å². The zero-order valence-electron chi connectivity index (χ0n) is 13.2. The fourth-order valence-electron chi connectivity index (χ4n) is 2.98. The molecule has 0 aromatic heterocycles. The Morgan fingerprint density at radius 2 is 1.87 bits per heavy atom. The first kappa shape index (κ1) is 15.1. The number of hydrogen-bond donors (Lipinski definition) is 1. The third-order valence-electron chi connectivity index (χ3n) is 4.14. The Labute approximate surface area is 135 Å². The number of benzene rings is 2. The molecule has 0 unspecified atom stereocenters. The Balaban J connectivity index is 2.17. The number of rotatable bonds is 4. The zero-order valence-corrected chi connectivity index (χ0v) is 13.2. The van der Waals surface area contributed by atoms with Gasteiger partial charge in [0.1, 0.15) is 5.75 Å². The number of fused-ring (bicyclic) bond motifs is 1. The molecule has 3 rings (SSSR count). The number of aliphatic carboxylic acids is 1. The first-order valence-corrected chi connectivity index (χ1v) is 7.47. The van der Waals surface area contributed by atoms with Gasteiger partial charge < -0.3 is 9.84 Å². The molecule has 0 heterocycles. The van der Waals surface area contributed by atoms with E-state index >= 15 is 0 Å². The normalized spacial score (nSPS) is 15.0. The first-order valence-electron chi connectivity index (χ1n) is 7.47. The highest BCUT2D eigenvalue weighted by Gasteiger charge is 2.25. The summed E-state index contributed by atoms with van der Waals surface area (Å²) in [5, 5.41) is 9.23. The van der Waals surface area contributed by atoms with Crippen LogP contribution in [0.3, 0.4) is 0 Å². The van der Waals surface area contributed by atoms with Gasteiger partial charge in [-0.05, 0) is 58.5 Å². The van der Waals surface area contributed by atoms with Crippen molar-refractivity contribution in [2.45, 2.75) is 13.3 Å². The standard InChI is InChI=1S/C20H18O3/c1-13-17(10-14-6-4-3-5-7-14)16-9-8-15(23-2)11-19(16)18(13)12-20(21)22/h3-11H,12H2,1-2H3,(H,21,22). The molecule has 0 saturated heterocycles. The van der Waals surface area contributed by atoms with Gasteiger partial charge in [0, 0.05) is 0 Å². The second-order valence-electron chi connectivity index (χ2n) is 5.55. The van der Waals surface area contributed by atoms with Gasteiger partial charge in [0.05, 0.1) is 13.5 Å². The maximum atomic E-state index is 11.2. The van der Waals surface area contributed by atoms with Crippen molar-refractivity contribution in [2.24, 2.45) is 0 Å². The van der Waals surface area contributed by atoms with E-state index in [2.05, 4.69) is 6.08 Å². The van der Waals surface area contributed by atoms with Gasteiger partial charge in [-0.3, -0.25) is 4.79 Å². The van der Waals surface area contributed by atoms with E-state index in [1.54, 1.807) is 7.11 Å². The van der Waals surface area contributed by atoms with Crippen LogP contribution in [0.15, 0.2) is 54.1 Å². The highest BCUT2D eigenvalue weighted by Crippen LogP contribution is 2.44. The van der Waals surface area contributed by atoms with Crippen molar-refractivity contribution in [1.82, 2.24) is 0 Å². The molecule has 0 fully saturated rings. The summed E-state index contributed by atoms with van der Waals surface area (Å²) < 4.78 is 5.29. The van der Waals surface area contributed by atoms with Crippen LogP contribution in [0, 0.1) is 0 Å². The monoisotopic (exact) mass is 306 g/mol. The van der Waals surface area contributed by atoms with E-state index < -0.39 is 5.97 Å². The maximum Gasteiger partial charge on any atom is 0.307 e. The van der Waals surface area contributed by atoms with E-state index in [0.717, 1.165) is 39.2 Å². The molecule has 0 amide bonds. The van der Waals surface area contributed by atoms with Gasteiger partial charge in [0.25, 0.3) is 0 Å². The van der Waals surface area contributed by atoms with E-state index in [9.17, 15) is 9.90 Å². The lowest BCUT2D eigenvalue weighted by Crippen LogP contribution is -1.97. The van der Waals surface area contributed by atoms with E-state index in [0.29, 0.717) is 0 Å². The minimum Gasteiger partial charge on any atom is -0.497 e. The molecular weight excluding hydrogens is 288 g/mol. The van der Waals surface area contributed by atoms with Crippen LogP contribution in [0.25, 0.3) is 17.2 Å². The average Bonchev–Trinajstić information content (AvgIpc) is 2.80. The van der Waals surface area contributed by atoms with Gasteiger partial charge in [-0.2, -0.15) is 0 Å². The van der Waals surface area contributed by atoms with Crippen LogP contribution >= 0.6 is 0 Å². The van der Waals surface area contributed by atoms with Crippen molar-refractivity contribution in [1.29, 1.82) is 0 Å². The molecule has 0 radical (unpaired) electrons. The molecule has 3 heteroatoms. The third kappa shape index (κ3) is 2.90. The molecule has 1 aliphatic rings. The molecular formula is C20H18O3. The SMILES string of the molecule is COc1ccc2c(c1)C(CC(=O)O)=C(C)C2=Cc1ccccc1. The molecule has 23 heavy (non-hydrogen) atoms. The molecule has 1 aliphatic carbocycles. The van der Waals surface area contributed by atoms with Crippen LogP contribution in [-0.2, 0) is 4.79 Å². The molecule has 1 N–H and O–H groups in total. The molecule has 0 spiro atoms. The Morgan fingerprint density at radius 3 is 2.52 bits per heavy atom.